The van der Waals surface area contributed by atoms with Crippen molar-refractivity contribution in [2.75, 3.05) is 13.1 Å². The van der Waals surface area contributed by atoms with Crippen molar-refractivity contribution in [1.82, 2.24) is 10.2 Å². The molecule has 2 rings (SSSR count). The minimum atomic E-state index is -0.314. The van der Waals surface area contributed by atoms with E-state index in [4.69, 9.17) is 5.73 Å². The summed E-state index contributed by atoms with van der Waals surface area (Å²) in [5.74, 6) is 0.0530. The highest BCUT2D eigenvalue weighted by Crippen LogP contribution is 2.27. The standard InChI is InChI=1S/C13H25N3O/c1-2-3-5-10(14)13(17)15-11-7-9-16-8-4-6-12(11)16/h10-12H,2-9,14H2,1H3,(H,15,17). The van der Waals surface area contributed by atoms with Crippen LogP contribution in [0, 0.1) is 0 Å². The Labute approximate surface area is 104 Å². The summed E-state index contributed by atoms with van der Waals surface area (Å²) in [5, 5.41) is 3.15. The zero-order valence-electron chi connectivity index (χ0n) is 10.8. The summed E-state index contributed by atoms with van der Waals surface area (Å²) in [4.78, 5) is 14.4. The first-order valence-electron chi connectivity index (χ1n) is 7.02. The van der Waals surface area contributed by atoms with E-state index in [1.807, 2.05) is 0 Å². The van der Waals surface area contributed by atoms with Gasteiger partial charge in [0.25, 0.3) is 0 Å². The molecule has 1 amide bonds. The van der Waals surface area contributed by atoms with Crippen molar-refractivity contribution >= 4 is 5.91 Å². The molecule has 0 bridgehead atoms. The highest BCUT2D eigenvalue weighted by atomic mass is 16.2. The SMILES string of the molecule is CCCCC(N)C(=O)NC1CCN2CCCC12. The second-order valence-corrected chi connectivity index (χ2v) is 5.40. The molecule has 2 aliphatic rings. The number of nitrogens with two attached hydrogens (primary N) is 1. The second kappa shape index (κ2) is 5.83. The normalized spacial score (nSPS) is 30.2. The fourth-order valence-electron chi connectivity index (χ4n) is 3.10. The van der Waals surface area contributed by atoms with Crippen molar-refractivity contribution < 1.29 is 4.79 Å². The molecule has 2 aliphatic heterocycles. The first-order valence-corrected chi connectivity index (χ1v) is 7.02. The number of hydrogen-bond donors (Lipinski definition) is 2. The summed E-state index contributed by atoms with van der Waals surface area (Å²) in [6.45, 7) is 4.47. The Balaban J connectivity index is 1.78. The summed E-state index contributed by atoms with van der Waals surface area (Å²) >= 11 is 0. The minimum absolute atomic E-state index is 0.0530. The number of hydrogen-bond acceptors (Lipinski definition) is 3. The quantitative estimate of drug-likeness (QED) is 0.748. The maximum absolute atomic E-state index is 11.9. The molecule has 17 heavy (non-hydrogen) atoms. The number of nitrogens with one attached hydrogen (secondary N) is 1. The Kier molecular flexibility index (Phi) is 4.40. The number of unbranched alkanes of at least 4 members (excludes halogenated alkanes) is 1. The van der Waals surface area contributed by atoms with Crippen molar-refractivity contribution in [3.8, 4) is 0 Å². The van der Waals surface area contributed by atoms with Crippen LogP contribution in [0.1, 0.15) is 45.4 Å². The van der Waals surface area contributed by atoms with Crippen molar-refractivity contribution in [3.05, 3.63) is 0 Å². The average Bonchev–Trinajstić information content (AvgIpc) is 2.90. The molecule has 3 N–H and O–H groups in total. The van der Waals surface area contributed by atoms with Gasteiger partial charge in [0, 0.05) is 18.6 Å². The van der Waals surface area contributed by atoms with Crippen LogP contribution in [-0.4, -0.2) is 42.0 Å². The van der Waals surface area contributed by atoms with Gasteiger partial charge in [0.15, 0.2) is 0 Å². The molecule has 3 unspecified atom stereocenters. The molecule has 2 fully saturated rings. The Morgan fingerprint density at radius 1 is 1.47 bits per heavy atom. The lowest BCUT2D eigenvalue weighted by atomic mass is 10.0. The molecule has 2 saturated heterocycles. The van der Waals surface area contributed by atoms with Crippen LogP contribution in [0.25, 0.3) is 0 Å². The zero-order valence-corrected chi connectivity index (χ0v) is 10.8. The van der Waals surface area contributed by atoms with Gasteiger partial charge in [-0.1, -0.05) is 19.8 Å². The van der Waals surface area contributed by atoms with Gasteiger partial charge >= 0.3 is 0 Å². The second-order valence-electron chi connectivity index (χ2n) is 5.40. The summed E-state index contributed by atoms with van der Waals surface area (Å²) in [5.41, 5.74) is 5.89. The summed E-state index contributed by atoms with van der Waals surface area (Å²) < 4.78 is 0. The zero-order chi connectivity index (χ0) is 12.3. The van der Waals surface area contributed by atoms with E-state index >= 15 is 0 Å². The highest BCUT2D eigenvalue weighted by molar-refractivity contribution is 5.81. The molecule has 3 atom stereocenters. The molecular formula is C13H25N3O. The number of carbonyl (C=O) groups excluding carboxylic acids is 1. The van der Waals surface area contributed by atoms with Gasteiger partial charge in [-0.2, -0.15) is 0 Å². The average molecular weight is 239 g/mol. The van der Waals surface area contributed by atoms with E-state index in [9.17, 15) is 4.79 Å². The molecule has 4 nitrogen and oxygen atoms in total. The molecule has 0 saturated carbocycles. The molecule has 0 aromatic carbocycles. The molecule has 98 valence electrons. The third-order valence-electron chi connectivity index (χ3n) is 4.14. The van der Waals surface area contributed by atoms with Gasteiger partial charge in [0.2, 0.25) is 5.91 Å². The van der Waals surface area contributed by atoms with Crippen LogP contribution in [0.2, 0.25) is 0 Å². The fraction of sp³-hybridized carbons (Fsp3) is 0.923. The minimum Gasteiger partial charge on any atom is -0.350 e. The van der Waals surface area contributed by atoms with E-state index in [1.54, 1.807) is 0 Å². The van der Waals surface area contributed by atoms with Gasteiger partial charge < -0.3 is 11.1 Å². The molecule has 2 heterocycles. The molecule has 0 spiro atoms. The first-order chi connectivity index (χ1) is 8.22. The number of amides is 1. The number of nitrogens with zero attached hydrogens (tertiary/aromatic N) is 1. The van der Waals surface area contributed by atoms with E-state index < -0.39 is 0 Å². The molecule has 0 aromatic heterocycles. The predicted molar refractivity (Wildman–Crippen MR) is 68.6 cm³/mol. The van der Waals surface area contributed by atoms with Gasteiger partial charge in [0.05, 0.1) is 6.04 Å². The number of rotatable bonds is 5. The maximum atomic E-state index is 11.9. The van der Waals surface area contributed by atoms with E-state index in [-0.39, 0.29) is 11.9 Å². The maximum Gasteiger partial charge on any atom is 0.237 e. The smallest absolute Gasteiger partial charge is 0.237 e. The van der Waals surface area contributed by atoms with Crippen molar-refractivity contribution in [3.63, 3.8) is 0 Å². The third-order valence-corrected chi connectivity index (χ3v) is 4.14. The Morgan fingerprint density at radius 3 is 3.06 bits per heavy atom. The summed E-state index contributed by atoms with van der Waals surface area (Å²) in [6.07, 6.45) is 6.55. The van der Waals surface area contributed by atoms with E-state index in [0.29, 0.717) is 12.1 Å². The van der Waals surface area contributed by atoms with Crippen molar-refractivity contribution in [1.29, 1.82) is 0 Å². The lowest BCUT2D eigenvalue weighted by molar-refractivity contribution is -0.123. The van der Waals surface area contributed by atoms with E-state index in [0.717, 1.165) is 32.2 Å². The fourth-order valence-corrected chi connectivity index (χ4v) is 3.10. The molecule has 0 aromatic rings. The molecular weight excluding hydrogens is 214 g/mol. The van der Waals surface area contributed by atoms with Gasteiger partial charge in [-0.25, -0.2) is 0 Å². The Morgan fingerprint density at radius 2 is 2.29 bits per heavy atom. The van der Waals surface area contributed by atoms with Crippen LogP contribution in [0.4, 0.5) is 0 Å². The van der Waals surface area contributed by atoms with Crippen LogP contribution in [0.15, 0.2) is 0 Å². The number of fused-ring (bicyclic) bond motifs is 1. The van der Waals surface area contributed by atoms with Crippen LogP contribution in [0.3, 0.4) is 0 Å². The lowest BCUT2D eigenvalue weighted by Gasteiger charge is -2.22. The Hall–Kier alpha value is -0.610. The monoisotopic (exact) mass is 239 g/mol. The van der Waals surface area contributed by atoms with Gasteiger partial charge in [0.1, 0.15) is 0 Å². The predicted octanol–water partition coefficient (Wildman–Crippen LogP) is 0.857. The van der Waals surface area contributed by atoms with Crippen molar-refractivity contribution in [2.24, 2.45) is 5.73 Å². The molecule has 0 radical (unpaired) electrons. The summed E-state index contributed by atoms with van der Waals surface area (Å²) in [6, 6.07) is 0.611. The van der Waals surface area contributed by atoms with Crippen LogP contribution >= 0.6 is 0 Å². The van der Waals surface area contributed by atoms with Crippen LogP contribution in [-0.2, 0) is 4.79 Å². The lowest BCUT2D eigenvalue weighted by Crippen LogP contribution is -2.48. The molecule has 4 heteroatoms. The highest BCUT2D eigenvalue weighted by Gasteiger charge is 2.38. The van der Waals surface area contributed by atoms with E-state index in [2.05, 4.69) is 17.1 Å². The van der Waals surface area contributed by atoms with Gasteiger partial charge in [-0.05, 0) is 32.2 Å². The van der Waals surface area contributed by atoms with Crippen molar-refractivity contribution in [2.45, 2.75) is 63.6 Å². The van der Waals surface area contributed by atoms with E-state index in [1.165, 1.54) is 19.4 Å². The van der Waals surface area contributed by atoms with Crippen LogP contribution < -0.4 is 11.1 Å². The Bertz CT molecular complexity index is 269. The largest absolute Gasteiger partial charge is 0.350 e. The first kappa shape index (κ1) is 12.8. The summed E-state index contributed by atoms with van der Waals surface area (Å²) in [7, 11) is 0. The third kappa shape index (κ3) is 2.99. The van der Waals surface area contributed by atoms with Gasteiger partial charge in [-0.3, -0.25) is 9.69 Å². The molecule has 0 aliphatic carbocycles. The number of carbonyl (C=O) groups is 1. The van der Waals surface area contributed by atoms with Gasteiger partial charge in [-0.15, -0.1) is 0 Å². The van der Waals surface area contributed by atoms with Crippen LogP contribution in [0.5, 0.6) is 0 Å². The topological polar surface area (TPSA) is 58.4 Å².